The van der Waals surface area contributed by atoms with Crippen LogP contribution in [0.5, 0.6) is 0 Å². The highest BCUT2D eigenvalue weighted by Crippen LogP contribution is 2.25. The van der Waals surface area contributed by atoms with Gasteiger partial charge in [-0.2, -0.15) is 0 Å². The molecule has 1 aliphatic heterocycles. The van der Waals surface area contributed by atoms with Gasteiger partial charge in [-0.1, -0.05) is 41.4 Å². The van der Waals surface area contributed by atoms with Gasteiger partial charge in [-0.15, -0.1) is 0 Å². The molecule has 110 valence electrons. The third-order valence-corrected chi connectivity index (χ3v) is 4.01. The van der Waals surface area contributed by atoms with E-state index in [9.17, 15) is 4.79 Å². The van der Waals surface area contributed by atoms with Crippen LogP contribution in [0.15, 0.2) is 28.7 Å². The van der Waals surface area contributed by atoms with Crippen LogP contribution in [0.1, 0.15) is 31.4 Å². The predicted molar refractivity (Wildman–Crippen MR) is 82.3 cm³/mol. The Morgan fingerprint density at radius 2 is 2.40 bits per heavy atom. The maximum atomic E-state index is 12.3. The molecule has 2 rings (SSSR count). The minimum Gasteiger partial charge on any atom is -0.370 e. The lowest BCUT2D eigenvalue weighted by molar-refractivity contribution is -0.140. The van der Waals surface area contributed by atoms with E-state index in [1.54, 1.807) is 0 Å². The van der Waals surface area contributed by atoms with Crippen molar-refractivity contribution in [3.05, 3.63) is 34.3 Å². The fourth-order valence-corrected chi connectivity index (χ4v) is 2.84. The third-order valence-electron chi connectivity index (χ3n) is 3.52. The predicted octanol–water partition coefficient (Wildman–Crippen LogP) is 2.48. The molecule has 0 radical (unpaired) electrons. The summed E-state index contributed by atoms with van der Waals surface area (Å²) in [6.07, 6.45) is 1.59. The van der Waals surface area contributed by atoms with Crippen LogP contribution >= 0.6 is 15.9 Å². The summed E-state index contributed by atoms with van der Waals surface area (Å²) in [6.45, 7) is 3.80. The zero-order valence-electron chi connectivity index (χ0n) is 11.7. The van der Waals surface area contributed by atoms with E-state index >= 15 is 0 Å². The SMILES string of the molecule is CCC[C@@H](N)C(=O)N1CCO[C@@H](c2cccc(Br)c2)C1. The smallest absolute Gasteiger partial charge is 0.239 e. The number of rotatable bonds is 4. The Morgan fingerprint density at radius 1 is 1.60 bits per heavy atom. The quantitative estimate of drug-likeness (QED) is 0.915. The highest BCUT2D eigenvalue weighted by atomic mass is 79.9. The number of nitrogens with zero attached hydrogens (tertiary/aromatic N) is 1. The molecule has 0 saturated carbocycles. The van der Waals surface area contributed by atoms with Crippen molar-refractivity contribution < 1.29 is 9.53 Å². The number of carbonyl (C=O) groups is 1. The van der Waals surface area contributed by atoms with Gasteiger partial charge in [0.15, 0.2) is 0 Å². The fraction of sp³-hybridized carbons (Fsp3) is 0.533. The van der Waals surface area contributed by atoms with Gasteiger partial charge >= 0.3 is 0 Å². The Morgan fingerprint density at radius 3 is 3.10 bits per heavy atom. The van der Waals surface area contributed by atoms with Gasteiger partial charge in [-0.25, -0.2) is 0 Å². The van der Waals surface area contributed by atoms with Crippen molar-refractivity contribution in [2.24, 2.45) is 5.73 Å². The number of amides is 1. The Kier molecular flexibility index (Phi) is 5.57. The van der Waals surface area contributed by atoms with Gasteiger partial charge < -0.3 is 15.4 Å². The van der Waals surface area contributed by atoms with E-state index in [4.69, 9.17) is 10.5 Å². The van der Waals surface area contributed by atoms with Crippen LogP contribution in [0.25, 0.3) is 0 Å². The first-order valence-corrected chi connectivity index (χ1v) is 7.82. The lowest BCUT2D eigenvalue weighted by Crippen LogP contribution is -2.49. The van der Waals surface area contributed by atoms with E-state index in [-0.39, 0.29) is 18.1 Å². The Hall–Kier alpha value is -0.910. The zero-order chi connectivity index (χ0) is 14.5. The lowest BCUT2D eigenvalue weighted by Gasteiger charge is -2.34. The summed E-state index contributed by atoms with van der Waals surface area (Å²) in [5.41, 5.74) is 7.01. The highest BCUT2D eigenvalue weighted by Gasteiger charge is 2.28. The minimum absolute atomic E-state index is 0.0372. The summed E-state index contributed by atoms with van der Waals surface area (Å²) in [5.74, 6) is 0.0372. The molecule has 1 aliphatic rings. The Bertz CT molecular complexity index is 467. The largest absolute Gasteiger partial charge is 0.370 e. The van der Waals surface area contributed by atoms with Crippen LogP contribution in [-0.2, 0) is 9.53 Å². The molecule has 1 heterocycles. The average Bonchev–Trinajstić information content (AvgIpc) is 2.47. The molecule has 5 heteroatoms. The second-order valence-corrected chi connectivity index (χ2v) is 6.01. The van der Waals surface area contributed by atoms with Crippen molar-refractivity contribution in [1.82, 2.24) is 4.90 Å². The fourth-order valence-electron chi connectivity index (χ4n) is 2.43. The van der Waals surface area contributed by atoms with Crippen molar-refractivity contribution >= 4 is 21.8 Å². The number of hydrogen-bond donors (Lipinski definition) is 1. The maximum absolute atomic E-state index is 12.3. The Balaban J connectivity index is 2.03. The lowest BCUT2D eigenvalue weighted by atomic mass is 10.1. The molecule has 1 aromatic carbocycles. The highest BCUT2D eigenvalue weighted by molar-refractivity contribution is 9.10. The van der Waals surface area contributed by atoms with Gasteiger partial charge in [-0.3, -0.25) is 4.79 Å². The van der Waals surface area contributed by atoms with Gasteiger partial charge in [0.1, 0.15) is 6.10 Å². The standard InChI is InChI=1S/C15H21BrN2O2/c1-2-4-13(17)15(19)18-7-8-20-14(10-18)11-5-3-6-12(16)9-11/h3,5-6,9,13-14H,2,4,7-8,10,17H2,1H3/t13-,14-/m1/s1. The second-order valence-electron chi connectivity index (χ2n) is 5.09. The first kappa shape index (κ1) is 15.5. The van der Waals surface area contributed by atoms with Gasteiger partial charge in [-0.05, 0) is 24.1 Å². The molecule has 1 saturated heterocycles. The summed E-state index contributed by atoms with van der Waals surface area (Å²) in [6, 6.07) is 7.62. The monoisotopic (exact) mass is 340 g/mol. The van der Waals surface area contributed by atoms with E-state index in [2.05, 4.69) is 15.9 Å². The van der Waals surface area contributed by atoms with Crippen LogP contribution < -0.4 is 5.73 Å². The van der Waals surface area contributed by atoms with Crippen molar-refractivity contribution in [1.29, 1.82) is 0 Å². The summed E-state index contributed by atoms with van der Waals surface area (Å²) in [5, 5.41) is 0. The molecule has 4 nitrogen and oxygen atoms in total. The van der Waals surface area contributed by atoms with Crippen molar-refractivity contribution in [3.8, 4) is 0 Å². The van der Waals surface area contributed by atoms with Gasteiger partial charge in [0, 0.05) is 11.0 Å². The molecule has 1 aromatic rings. The van der Waals surface area contributed by atoms with Crippen molar-refractivity contribution in [2.45, 2.75) is 31.9 Å². The number of ether oxygens (including phenoxy) is 1. The molecule has 2 N–H and O–H groups in total. The molecule has 0 spiro atoms. The zero-order valence-corrected chi connectivity index (χ0v) is 13.3. The van der Waals surface area contributed by atoms with E-state index < -0.39 is 0 Å². The summed E-state index contributed by atoms with van der Waals surface area (Å²) in [7, 11) is 0. The molecule has 20 heavy (non-hydrogen) atoms. The van der Waals surface area contributed by atoms with Crippen LogP contribution in [0.3, 0.4) is 0 Å². The number of halogens is 1. The van der Waals surface area contributed by atoms with Crippen molar-refractivity contribution in [3.63, 3.8) is 0 Å². The molecule has 0 unspecified atom stereocenters. The van der Waals surface area contributed by atoms with E-state index in [1.165, 1.54) is 0 Å². The summed E-state index contributed by atoms with van der Waals surface area (Å²) < 4.78 is 6.80. The maximum Gasteiger partial charge on any atom is 0.239 e. The first-order chi connectivity index (χ1) is 9.61. The minimum atomic E-state index is -0.388. The second kappa shape index (κ2) is 7.20. The number of benzene rings is 1. The van der Waals surface area contributed by atoms with Gasteiger partial charge in [0.2, 0.25) is 5.91 Å². The topological polar surface area (TPSA) is 55.6 Å². The number of nitrogens with two attached hydrogens (primary N) is 1. The first-order valence-electron chi connectivity index (χ1n) is 7.03. The third kappa shape index (κ3) is 3.81. The average molecular weight is 341 g/mol. The molecule has 2 atom stereocenters. The number of hydrogen-bond acceptors (Lipinski definition) is 3. The van der Waals surface area contributed by atoms with Crippen molar-refractivity contribution in [2.75, 3.05) is 19.7 Å². The van der Waals surface area contributed by atoms with Gasteiger partial charge in [0.25, 0.3) is 0 Å². The molecule has 1 fully saturated rings. The molecular formula is C15H21BrN2O2. The van der Waals surface area contributed by atoms with Crippen LogP contribution in [0, 0.1) is 0 Å². The molecule has 0 aromatic heterocycles. The number of morpholine rings is 1. The van der Waals surface area contributed by atoms with E-state index in [0.717, 1.165) is 22.9 Å². The van der Waals surface area contributed by atoms with E-state index in [1.807, 2.05) is 36.1 Å². The van der Waals surface area contributed by atoms with E-state index in [0.29, 0.717) is 19.7 Å². The molecule has 1 amide bonds. The molecular weight excluding hydrogens is 320 g/mol. The molecule has 0 bridgehead atoms. The van der Waals surface area contributed by atoms with Crippen LogP contribution in [0.2, 0.25) is 0 Å². The number of carbonyl (C=O) groups excluding carboxylic acids is 1. The summed E-state index contributed by atoms with van der Waals surface area (Å²) in [4.78, 5) is 14.1. The van der Waals surface area contributed by atoms with Crippen LogP contribution in [0.4, 0.5) is 0 Å². The molecule has 0 aliphatic carbocycles. The normalized spacial score (nSPS) is 20.8. The summed E-state index contributed by atoms with van der Waals surface area (Å²) >= 11 is 3.46. The van der Waals surface area contributed by atoms with Crippen LogP contribution in [-0.4, -0.2) is 36.5 Å². The Labute approximate surface area is 128 Å². The van der Waals surface area contributed by atoms with Gasteiger partial charge in [0.05, 0.1) is 19.2 Å².